The highest BCUT2D eigenvalue weighted by molar-refractivity contribution is 7.21. The molecule has 2 saturated carbocycles. The van der Waals surface area contributed by atoms with E-state index in [1.54, 1.807) is 12.4 Å². The highest BCUT2D eigenvalue weighted by Crippen LogP contribution is 2.42. The number of hydrogen-bond donors (Lipinski definition) is 5. The van der Waals surface area contributed by atoms with Gasteiger partial charge in [-0.3, -0.25) is 4.98 Å². The second-order valence-electron chi connectivity index (χ2n) is 10.7. The number of aryl methyl sites for hydroxylation is 1. The Morgan fingerprint density at radius 1 is 1.02 bits per heavy atom. The summed E-state index contributed by atoms with van der Waals surface area (Å²) < 4.78 is 28.2. The van der Waals surface area contributed by atoms with Gasteiger partial charge in [0.1, 0.15) is 34.1 Å². The van der Waals surface area contributed by atoms with Crippen LogP contribution < -0.4 is 10.6 Å². The van der Waals surface area contributed by atoms with Crippen LogP contribution in [0.1, 0.15) is 36.4 Å². The normalized spacial score (nSPS) is 26.1. The van der Waals surface area contributed by atoms with Crippen LogP contribution >= 0.6 is 11.3 Å². The highest BCUT2D eigenvalue weighted by atomic mass is 32.1. The van der Waals surface area contributed by atoms with E-state index in [0.717, 1.165) is 29.1 Å². The maximum Gasteiger partial charge on any atom is 0.224 e. The Morgan fingerprint density at radius 2 is 1.80 bits per heavy atom. The molecule has 40 heavy (non-hydrogen) atoms. The van der Waals surface area contributed by atoms with Gasteiger partial charge in [0.2, 0.25) is 5.95 Å². The van der Waals surface area contributed by atoms with Crippen molar-refractivity contribution >= 4 is 33.3 Å². The number of anilines is 2. The van der Waals surface area contributed by atoms with Crippen LogP contribution in [0, 0.1) is 30.4 Å². The fourth-order valence-electron chi connectivity index (χ4n) is 5.74. The molecule has 2 aliphatic carbocycles. The van der Waals surface area contributed by atoms with Crippen LogP contribution in [0.25, 0.3) is 20.8 Å². The number of aromatic nitrogens is 4. The van der Waals surface area contributed by atoms with Crippen molar-refractivity contribution in [2.75, 3.05) is 23.8 Å². The van der Waals surface area contributed by atoms with E-state index in [-0.39, 0.29) is 12.5 Å². The maximum absolute atomic E-state index is 13.6. The van der Waals surface area contributed by atoms with Gasteiger partial charge in [0, 0.05) is 31.3 Å². The first-order valence-corrected chi connectivity index (χ1v) is 14.1. The number of aliphatic hydroxyl groups is 3. The van der Waals surface area contributed by atoms with Crippen molar-refractivity contribution in [1.29, 1.82) is 0 Å². The second-order valence-corrected chi connectivity index (χ2v) is 11.8. The van der Waals surface area contributed by atoms with Crippen molar-refractivity contribution in [2.24, 2.45) is 11.8 Å². The number of benzene rings is 1. The van der Waals surface area contributed by atoms with Gasteiger partial charge >= 0.3 is 0 Å². The smallest absolute Gasteiger partial charge is 0.224 e. The van der Waals surface area contributed by atoms with Crippen LogP contribution in [-0.4, -0.2) is 66.7 Å². The van der Waals surface area contributed by atoms with Crippen LogP contribution in [-0.2, 0) is 0 Å². The minimum atomic E-state index is -1.07. The number of hydrogen-bond acceptors (Lipinski definition) is 10. The van der Waals surface area contributed by atoms with E-state index >= 15 is 0 Å². The van der Waals surface area contributed by atoms with E-state index in [1.165, 1.54) is 23.5 Å². The molecule has 0 radical (unpaired) electrons. The molecule has 9 nitrogen and oxygen atoms in total. The minimum absolute atomic E-state index is 0.113. The van der Waals surface area contributed by atoms with E-state index in [9.17, 15) is 24.1 Å². The third-order valence-electron chi connectivity index (χ3n) is 7.99. The lowest BCUT2D eigenvalue weighted by molar-refractivity contribution is 0.00446. The van der Waals surface area contributed by atoms with Gasteiger partial charge in [-0.15, -0.1) is 11.3 Å². The first-order valence-electron chi connectivity index (χ1n) is 13.3. The Balaban J connectivity index is 1.23. The Hall–Kier alpha value is -3.32. The number of aliphatic hydroxyl groups excluding tert-OH is 3. The molecule has 5 N–H and O–H groups in total. The van der Waals surface area contributed by atoms with Crippen LogP contribution in [0.2, 0.25) is 0 Å². The van der Waals surface area contributed by atoms with Crippen molar-refractivity contribution in [1.82, 2.24) is 19.9 Å². The summed E-state index contributed by atoms with van der Waals surface area (Å²) in [6.07, 6.45) is 3.26. The Kier molecular flexibility index (Phi) is 7.34. The van der Waals surface area contributed by atoms with E-state index < -0.39 is 35.8 Å². The van der Waals surface area contributed by atoms with Crippen LogP contribution in [0.4, 0.5) is 20.5 Å². The van der Waals surface area contributed by atoms with Gasteiger partial charge in [0.05, 0.1) is 34.3 Å². The molecule has 2 aliphatic rings. The van der Waals surface area contributed by atoms with Crippen molar-refractivity contribution in [3.05, 3.63) is 59.6 Å². The van der Waals surface area contributed by atoms with E-state index in [0.29, 0.717) is 52.5 Å². The number of thiazole rings is 1. The fourth-order valence-corrected chi connectivity index (χ4v) is 6.78. The second kappa shape index (κ2) is 10.9. The zero-order valence-electron chi connectivity index (χ0n) is 21.8. The van der Waals surface area contributed by atoms with Crippen molar-refractivity contribution < 1.29 is 24.1 Å². The summed E-state index contributed by atoms with van der Waals surface area (Å²) in [5, 5.41) is 37.9. The molecule has 0 aliphatic heterocycles. The summed E-state index contributed by atoms with van der Waals surface area (Å²) in [5.74, 6) is -0.279. The molecule has 4 atom stereocenters. The predicted molar refractivity (Wildman–Crippen MR) is 148 cm³/mol. The zero-order chi connectivity index (χ0) is 28.0. The quantitative estimate of drug-likeness (QED) is 0.215. The number of halogens is 2. The standard InChI is InChI=1S/C28H30F2N6O3S/c1-13-23(27-35-21-11-31-3-2-22(21)40-27)26(34-20-8-17(12-37)24(38)25(20)39)36-28(33-13)32-10-14-4-15(5-14)16-6-18(29)9-19(30)7-16/h2-3,6-7,9,11,14-15,17,20,24-25,37-39H,4-5,8,10,12H2,1H3,(H2,32,33,34,36). The first-order chi connectivity index (χ1) is 19.3. The lowest BCUT2D eigenvalue weighted by Gasteiger charge is -2.36. The van der Waals surface area contributed by atoms with Crippen LogP contribution in [0.3, 0.4) is 0 Å². The number of fused-ring (bicyclic) bond motifs is 1. The molecule has 3 heterocycles. The third-order valence-corrected chi connectivity index (χ3v) is 9.05. The summed E-state index contributed by atoms with van der Waals surface area (Å²) in [7, 11) is 0. The maximum atomic E-state index is 13.6. The molecule has 0 saturated heterocycles. The molecule has 4 aromatic rings. The minimum Gasteiger partial charge on any atom is -0.396 e. The topological polar surface area (TPSA) is 136 Å². The average molecular weight is 569 g/mol. The molecule has 0 bridgehead atoms. The Bertz CT molecular complexity index is 1480. The third kappa shape index (κ3) is 5.24. The fraction of sp³-hybridized carbons (Fsp3) is 0.429. The first kappa shape index (κ1) is 26.9. The SMILES string of the molecule is Cc1nc(NCC2CC(c3cc(F)cc(F)c3)C2)nc(NC2CC(CO)C(O)C2O)c1-c1nc2cnccc2s1. The van der Waals surface area contributed by atoms with Gasteiger partial charge < -0.3 is 26.0 Å². The number of nitrogens with zero attached hydrogens (tertiary/aromatic N) is 4. The summed E-state index contributed by atoms with van der Waals surface area (Å²) in [5.41, 5.74) is 2.81. The lowest BCUT2D eigenvalue weighted by Crippen LogP contribution is -2.36. The molecule has 1 aromatic carbocycles. The molecule has 0 amide bonds. The van der Waals surface area contributed by atoms with Gasteiger partial charge in [0.15, 0.2) is 0 Å². The Morgan fingerprint density at radius 3 is 2.50 bits per heavy atom. The summed E-state index contributed by atoms with van der Waals surface area (Å²) in [4.78, 5) is 18.3. The van der Waals surface area contributed by atoms with Gasteiger partial charge in [-0.1, -0.05) is 0 Å². The van der Waals surface area contributed by atoms with Crippen LogP contribution in [0.15, 0.2) is 36.7 Å². The Labute approximate surface area is 233 Å². The summed E-state index contributed by atoms with van der Waals surface area (Å²) in [6, 6.07) is 5.05. The average Bonchev–Trinajstić information content (AvgIpc) is 3.43. The number of pyridine rings is 1. The monoisotopic (exact) mass is 568 g/mol. The van der Waals surface area contributed by atoms with E-state index in [2.05, 4.69) is 20.6 Å². The van der Waals surface area contributed by atoms with E-state index in [4.69, 9.17) is 9.97 Å². The van der Waals surface area contributed by atoms with Gasteiger partial charge in [-0.25, -0.2) is 18.7 Å². The molecule has 6 rings (SSSR count). The lowest BCUT2D eigenvalue weighted by atomic mass is 9.71. The molecule has 2 fully saturated rings. The molecule has 12 heteroatoms. The molecular formula is C28H30F2N6O3S. The van der Waals surface area contributed by atoms with Crippen molar-refractivity contribution in [3.63, 3.8) is 0 Å². The largest absolute Gasteiger partial charge is 0.396 e. The molecule has 3 aromatic heterocycles. The van der Waals surface area contributed by atoms with Crippen molar-refractivity contribution in [2.45, 2.75) is 50.4 Å². The van der Waals surface area contributed by atoms with Crippen LogP contribution in [0.5, 0.6) is 0 Å². The predicted octanol–water partition coefficient (Wildman–Crippen LogP) is 3.86. The number of nitrogens with one attached hydrogen (secondary N) is 2. The van der Waals surface area contributed by atoms with Gasteiger partial charge in [0.25, 0.3) is 0 Å². The highest BCUT2D eigenvalue weighted by Gasteiger charge is 2.41. The molecule has 210 valence electrons. The molecule has 4 unspecified atom stereocenters. The van der Waals surface area contributed by atoms with Gasteiger partial charge in [-0.2, -0.15) is 4.98 Å². The zero-order valence-corrected chi connectivity index (χ0v) is 22.6. The van der Waals surface area contributed by atoms with Crippen molar-refractivity contribution in [3.8, 4) is 10.6 Å². The van der Waals surface area contributed by atoms with Gasteiger partial charge in [-0.05, 0) is 61.8 Å². The molecule has 0 spiro atoms. The summed E-state index contributed by atoms with van der Waals surface area (Å²) in [6.45, 7) is 2.23. The molecular weight excluding hydrogens is 538 g/mol. The van der Waals surface area contributed by atoms with E-state index in [1.807, 2.05) is 13.0 Å². The number of rotatable bonds is 8. The summed E-state index contributed by atoms with van der Waals surface area (Å²) >= 11 is 1.48.